The molecule has 0 atom stereocenters. The second-order valence-electron chi connectivity index (χ2n) is 6.68. The van der Waals surface area contributed by atoms with E-state index in [0.29, 0.717) is 40.3 Å². The average Bonchev–Trinajstić information content (AvgIpc) is 3.18. The molecule has 1 aromatic carbocycles. The summed E-state index contributed by atoms with van der Waals surface area (Å²) in [6.45, 7) is 5.37. The minimum atomic E-state index is -0.580. The molecule has 0 saturated heterocycles. The number of esters is 2. The van der Waals surface area contributed by atoms with Crippen molar-refractivity contribution in [2.45, 2.75) is 33.6 Å². The number of carbonyl (C=O) groups is 3. The van der Waals surface area contributed by atoms with Crippen molar-refractivity contribution in [2.24, 2.45) is 0 Å². The average molecular weight is 442 g/mol. The van der Waals surface area contributed by atoms with Gasteiger partial charge < -0.3 is 9.47 Å². The molecule has 162 valence electrons. The molecule has 9 heteroatoms. The fraction of sp³-hybridized carbons (Fsp3) is 0.318. The highest BCUT2D eigenvalue weighted by Crippen LogP contribution is 2.24. The molecular formula is C22H23N3O5S. The largest absolute Gasteiger partial charge is 0.466 e. The lowest BCUT2D eigenvalue weighted by Crippen LogP contribution is -2.21. The van der Waals surface area contributed by atoms with E-state index in [9.17, 15) is 14.4 Å². The molecule has 0 radical (unpaired) electrons. The number of benzene rings is 1. The first kappa shape index (κ1) is 22.4. The van der Waals surface area contributed by atoms with Crippen molar-refractivity contribution in [3.05, 3.63) is 52.2 Å². The summed E-state index contributed by atoms with van der Waals surface area (Å²) in [6.07, 6.45) is 0.707. The molecule has 0 aliphatic rings. The van der Waals surface area contributed by atoms with Gasteiger partial charge in [0, 0.05) is 16.5 Å². The van der Waals surface area contributed by atoms with Gasteiger partial charge in [-0.2, -0.15) is 0 Å². The van der Waals surface area contributed by atoms with Crippen LogP contribution in [0.2, 0.25) is 0 Å². The van der Waals surface area contributed by atoms with Crippen LogP contribution in [-0.4, -0.2) is 41.0 Å². The molecule has 8 nitrogen and oxygen atoms in total. The first-order valence-corrected chi connectivity index (χ1v) is 10.8. The number of thiazole rings is 1. The Kier molecular flexibility index (Phi) is 7.30. The summed E-state index contributed by atoms with van der Waals surface area (Å²) in [5.41, 5.74) is 3.18. The molecule has 3 aromatic rings. The Morgan fingerprint density at radius 2 is 1.87 bits per heavy atom. The van der Waals surface area contributed by atoms with Crippen LogP contribution in [0.3, 0.4) is 0 Å². The Balaban J connectivity index is 1.65. The minimum Gasteiger partial charge on any atom is -0.466 e. The molecule has 31 heavy (non-hydrogen) atoms. The fourth-order valence-corrected chi connectivity index (χ4v) is 3.86. The van der Waals surface area contributed by atoms with Gasteiger partial charge in [0.25, 0.3) is 5.91 Å². The van der Waals surface area contributed by atoms with E-state index in [4.69, 9.17) is 9.47 Å². The molecule has 0 bridgehead atoms. The van der Waals surface area contributed by atoms with Crippen molar-refractivity contribution in [2.75, 3.05) is 18.5 Å². The number of fused-ring (bicyclic) bond motifs is 1. The van der Waals surface area contributed by atoms with Crippen molar-refractivity contribution in [3.63, 3.8) is 0 Å². The summed E-state index contributed by atoms with van der Waals surface area (Å²) in [5, 5.41) is 5.24. The molecule has 1 N–H and O–H groups in total. The van der Waals surface area contributed by atoms with Crippen molar-refractivity contribution in [3.8, 4) is 0 Å². The van der Waals surface area contributed by atoms with Crippen molar-refractivity contribution < 1.29 is 23.9 Å². The van der Waals surface area contributed by atoms with Crippen LogP contribution in [0.5, 0.6) is 0 Å². The minimum absolute atomic E-state index is 0.0311. The van der Waals surface area contributed by atoms with Crippen molar-refractivity contribution >= 4 is 45.2 Å². The summed E-state index contributed by atoms with van der Waals surface area (Å²) in [6, 6.07) is 7.34. The van der Waals surface area contributed by atoms with Crippen molar-refractivity contribution in [1.29, 1.82) is 0 Å². The van der Waals surface area contributed by atoms with E-state index in [2.05, 4.69) is 15.3 Å². The first-order chi connectivity index (χ1) is 14.9. The van der Waals surface area contributed by atoms with Crippen LogP contribution in [0, 0.1) is 6.92 Å². The van der Waals surface area contributed by atoms with Crippen LogP contribution < -0.4 is 5.32 Å². The molecule has 0 unspecified atom stereocenters. The zero-order valence-corrected chi connectivity index (χ0v) is 18.4. The second-order valence-corrected chi connectivity index (χ2v) is 7.54. The number of pyridine rings is 1. The van der Waals surface area contributed by atoms with Gasteiger partial charge >= 0.3 is 11.9 Å². The van der Waals surface area contributed by atoms with Crippen LogP contribution in [0.25, 0.3) is 10.9 Å². The van der Waals surface area contributed by atoms with Gasteiger partial charge in [0.05, 0.1) is 29.8 Å². The summed E-state index contributed by atoms with van der Waals surface area (Å²) in [7, 11) is 0. The van der Waals surface area contributed by atoms with Gasteiger partial charge in [-0.1, -0.05) is 25.1 Å². The van der Waals surface area contributed by atoms with Gasteiger partial charge in [-0.25, -0.2) is 9.78 Å². The van der Waals surface area contributed by atoms with E-state index in [1.54, 1.807) is 12.3 Å². The number of rotatable bonds is 8. The van der Waals surface area contributed by atoms with Crippen LogP contribution >= 0.6 is 11.3 Å². The maximum atomic E-state index is 12.8. The molecule has 1 amide bonds. The van der Waals surface area contributed by atoms with Crippen molar-refractivity contribution in [1.82, 2.24) is 9.97 Å². The van der Waals surface area contributed by atoms with E-state index in [-0.39, 0.29) is 12.4 Å². The monoisotopic (exact) mass is 441 g/mol. The Morgan fingerprint density at radius 3 is 2.61 bits per heavy atom. The number of carbonyl (C=O) groups excluding carboxylic acids is 3. The molecule has 0 spiro atoms. The molecule has 0 aliphatic heterocycles. The van der Waals surface area contributed by atoms with Crippen LogP contribution in [0.4, 0.5) is 5.13 Å². The van der Waals surface area contributed by atoms with Gasteiger partial charge in [0.15, 0.2) is 11.7 Å². The van der Waals surface area contributed by atoms with Crippen LogP contribution in [0.1, 0.15) is 41.2 Å². The molecule has 3 rings (SSSR count). The molecule has 0 aliphatic carbocycles. The van der Waals surface area contributed by atoms with Gasteiger partial charge in [-0.3, -0.25) is 19.9 Å². The normalized spacial score (nSPS) is 10.7. The SMILES string of the molecule is CCOC(=O)Cc1csc(NC(=O)COC(=O)c2c(C)c(CC)nc3ccccc23)n1. The fourth-order valence-electron chi connectivity index (χ4n) is 3.13. The number of ether oxygens (including phenoxy) is 2. The highest BCUT2D eigenvalue weighted by molar-refractivity contribution is 7.13. The molecule has 0 fully saturated rings. The zero-order valence-electron chi connectivity index (χ0n) is 17.6. The Morgan fingerprint density at radius 1 is 1.10 bits per heavy atom. The van der Waals surface area contributed by atoms with E-state index < -0.39 is 18.5 Å². The number of aromatic nitrogens is 2. The predicted molar refractivity (Wildman–Crippen MR) is 117 cm³/mol. The molecule has 2 aromatic heterocycles. The van der Waals surface area contributed by atoms with Crippen LogP contribution in [0.15, 0.2) is 29.6 Å². The van der Waals surface area contributed by atoms with Crippen LogP contribution in [-0.2, 0) is 31.9 Å². The van der Waals surface area contributed by atoms with E-state index in [1.807, 2.05) is 38.1 Å². The number of amides is 1. The standard InChI is InChI=1S/C22H23N3O5S/c1-4-16-13(3)20(15-8-6-7-9-17(15)24-16)21(28)30-11-18(26)25-22-23-14(12-31-22)10-19(27)29-5-2/h6-9,12H,4-5,10-11H2,1-3H3,(H,23,25,26). The van der Waals surface area contributed by atoms with E-state index in [1.165, 1.54) is 11.3 Å². The summed E-state index contributed by atoms with van der Waals surface area (Å²) in [5.74, 6) is -1.48. The lowest BCUT2D eigenvalue weighted by molar-refractivity contribution is -0.142. The second kappa shape index (κ2) is 10.1. The molecule has 2 heterocycles. The van der Waals surface area contributed by atoms with Gasteiger partial charge in [-0.05, 0) is 31.9 Å². The summed E-state index contributed by atoms with van der Waals surface area (Å²) in [4.78, 5) is 45.3. The highest BCUT2D eigenvalue weighted by Gasteiger charge is 2.20. The predicted octanol–water partition coefficient (Wildman–Crippen LogP) is 3.46. The van der Waals surface area contributed by atoms with E-state index in [0.717, 1.165) is 11.3 Å². The Hall–Kier alpha value is -3.33. The molecular weight excluding hydrogens is 418 g/mol. The number of hydrogen-bond donors (Lipinski definition) is 1. The number of para-hydroxylation sites is 1. The summed E-state index contributed by atoms with van der Waals surface area (Å²) < 4.78 is 10.2. The maximum Gasteiger partial charge on any atom is 0.339 e. The quantitative estimate of drug-likeness (QED) is 0.533. The summed E-state index contributed by atoms with van der Waals surface area (Å²) >= 11 is 1.18. The van der Waals surface area contributed by atoms with Gasteiger partial charge in [-0.15, -0.1) is 11.3 Å². The molecule has 0 saturated carbocycles. The lowest BCUT2D eigenvalue weighted by atomic mass is 10.0. The van der Waals surface area contributed by atoms with Gasteiger partial charge in [0.2, 0.25) is 0 Å². The third kappa shape index (κ3) is 5.43. The lowest BCUT2D eigenvalue weighted by Gasteiger charge is -2.13. The number of nitrogens with one attached hydrogen (secondary N) is 1. The Bertz CT molecular complexity index is 1130. The maximum absolute atomic E-state index is 12.8. The third-order valence-corrected chi connectivity index (χ3v) is 5.35. The number of anilines is 1. The number of nitrogens with zero attached hydrogens (tertiary/aromatic N) is 2. The first-order valence-electron chi connectivity index (χ1n) is 9.88. The van der Waals surface area contributed by atoms with E-state index >= 15 is 0 Å². The smallest absolute Gasteiger partial charge is 0.339 e. The number of hydrogen-bond acceptors (Lipinski definition) is 8. The van der Waals surface area contributed by atoms with Gasteiger partial charge in [0.1, 0.15) is 0 Å². The Labute approximate surface area is 183 Å². The highest BCUT2D eigenvalue weighted by atomic mass is 32.1. The topological polar surface area (TPSA) is 107 Å². The zero-order chi connectivity index (χ0) is 22.4. The number of aryl methyl sites for hydroxylation is 1. The third-order valence-electron chi connectivity index (χ3n) is 4.54.